The lowest BCUT2D eigenvalue weighted by Crippen LogP contribution is -2.14. The molecule has 0 atom stereocenters. The molecular formula is C7H12N4O. The van der Waals surface area contributed by atoms with Gasteiger partial charge in [0.15, 0.2) is 5.69 Å². The molecule has 0 bridgehead atoms. The van der Waals surface area contributed by atoms with E-state index in [2.05, 4.69) is 10.3 Å². The topological polar surface area (TPSA) is 73.8 Å². The van der Waals surface area contributed by atoms with E-state index in [0.29, 0.717) is 12.2 Å². The molecular weight excluding hydrogens is 156 g/mol. The number of primary amides is 1. The molecule has 1 aromatic heterocycles. The molecule has 12 heavy (non-hydrogen) atoms. The van der Waals surface area contributed by atoms with Gasteiger partial charge in [-0.25, -0.2) is 4.68 Å². The molecule has 0 aromatic carbocycles. The van der Waals surface area contributed by atoms with E-state index in [4.69, 9.17) is 5.73 Å². The summed E-state index contributed by atoms with van der Waals surface area (Å²) in [6.45, 7) is 4.60. The van der Waals surface area contributed by atoms with Gasteiger partial charge in [0, 0.05) is 6.54 Å². The van der Waals surface area contributed by atoms with Gasteiger partial charge in [0.2, 0.25) is 0 Å². The first kappa shape index (κ1) is 8.70. The van der Waals surface area contributed by atoms with E-state index >= 15 is 0 Å². The standard InChI is InChI=1S/C7H12N4O/c1-3-5-6(7(8)12)9-10-11(5)4-2/h3-4H2,1-2H3,(H2,8,12). The van der Waals surface area contributed by atoms with Crippen molar-refractivity contribution in [1.82, 2.24) is 15.0 Å². The summed E-state index contributed by atoms with van der Waals surface area (Å²) in [6, 6.07) is 0. The molecule has 2 N–H and O–H groups in total. The maximum Gasteiger partial charge on any atom is 0.271 e. The van der Waals surface area contributed by atoms with Crippen molar-refractivity contribution in [3.8, 4) is 0 Å². The number of rotatable bonds is 3. The molecule has 0 unspecified atom stereocenters. The average molecular weight is 168 g/mol. The molecule has 0 radical (unpaired) electrons. The molecule has 0 aliphatic heterocycles. The van der Waals surface area contributed by atoms with Crippen LogP contribution in [0.5, 0.6) is 0 Å². The summed E-state index contributed by atoms with van der Waals surface area (Å²) >= 11 is 0. The predicted octanol–water partition coefficient (Wildman–Crippen LogP) is -0.0407. The minimum absolute atomic E-state index is 0.291. The van der Waals surface area contributed by atoms with Gasteiger partial charge in [0.1, 0.15) is 0 Å². The van der Waals surface area contributed by atoms with E-state index in [1.807, 2.05) is 13.8 Å². The second-order valence-electron chi connectivity index (χ2n) is 2.42. The highest BCUT2D eigenvalue weighted by Crippen LogP contribution is 2.04. The number of amides is 1. The van der Waals surface area contributed by atoms with Gasteiger partial charge in [0.05, 0.1) is 5.69 Å². The van der Waals surface area contributed by atoms with Crippen LogP contribution in [0.4, 0.5) is 0 Å². The lowest BCUT2D eigenvalue weighted by molar-refractivity contribution is 0.0994. The Labute approximate surface area is 70.6 Å². The monoisotopic (exact) mass is 168 g/mol. The Morgan fingerprint density at radius 2 is 2.25 bits per heavy atom. The van der Waals surface area contributed by atoms with Crippen LogP contribution in [-0.4, -0.2) is 20.9 Å². The Morgan fingerprint density at radius 3 is 2.67 bits per heavy atom. The summed E-state index contributed by atoms with van der Waals surface area (Å²) in [5.41, 5.74) is 6.20. The van der Waals surface area contributed by atoms with Crippen molar-refractivity contribution in [3.63, 3.8) is 0 Å². The lowest BCUT2D eigenvalue weighted by atomic mass is 10.2. The number of nitrogens with zero attached hydrogens (tertiary/aromatic N) is 3. The van der Waals surface area contributed by atoms with Crippen molar-refractivity contribution >= 4 is 5.91 Å². The molecule has 0 aliphatic carbocycles. The quantitative estimate of drug-likeness (QED) is 0.688. The number of hydrogen-bond donors (Lipinski definition) is 1. The van der Waals surface area contributed by atoms with E-state index in [9.17, 15) is 4.79 Å². The van der Waals surface area contributed by atoms with Crippen LogP contribution in [0.3, 0.4) is 0 Å². The molecule has 1 rings (SSSR count). The molecule has 0 fully saturated rings. The van der Waals surface area contributed by atoms with Crippen LogP contribution >= 0.6 is 0 Å². The number of aromatic nitrogens is 3. The molecule has 66 valence electrons. The zero-order chi connectivity index (χ0) is 9.14. The number of carbonyl (C=O) groups excluding carboxylic acids is 1. The summed E-state index contributed by atoms with van der Waals surface area (Å²) < 4.78 is 1.68. The van der Waals surface area contributed by atoms with Crippen molar-refractivity contribution in [1.29, 1.82) is 0 Å². The van der Waals surface area contributed by atoms with Crippen molar-refractivity contribution in [2.45, 2.75) is 26.8 Å². The zero-order valence-corrected chi connectivity index (χ0v) is 7.24. The molecule has 1 amide bonds. The van der Waals surface area contributed by atoms with Crippen molar-refractivity contribution in [3.05, 3.63) is 11.4 Å². The second-order valence-corrected chi connectivity index (χ2v) is 2.42. The predicted molar refractivity (Wildman–Crippen MR) is 43.6 cm³/mol. The van der Waals surface area contributed by atoms with Gasteiger partial charge in [-0.1, -0.05) is 12.1 Å². The molecule has 0 saturated heterocycles. The molecule has 1 heterocycles. The fraction of sp³-hybridized carbons (Fsp3) is 0.571. The average Bonchev–Trinajstić information content (AvgIpc) is 2.46. The van der Waals surface area contributed by atoms with Crippen molar-refractivity contribution in [2.75, 3.05) is 0 Å². The van der Waals surface area contributed by atoms with E-state index in [-0.39, 0.29) is 0 Å². The van der Waals surface area contributed by atoms with E-state index in [1.54, 1.807) is 4.68 Å². The van der Waals surface area contributed by atoms with Crippen LogP contribution in [0.1, 0.15) is 30.0 Å². The third kappa shape index (κ3) is 1.30. The van der Waals surface area contributed by atoms with Gasteiger partial charge >= 0.3 is 0 Å². The van der Waals surface area contributed by atoms with Gasteiger partial charge in [0.25, 0.3) is 5.91 Å². The van der Waals surface area contributed by atoms with Crippen LogP contribution in [0.2, 0.25) is 0 Å². The van der Waals surface area contributed by atoms with Crippen LogP contribution in [0, 0.1) is 0 Å². The van der Waals surface area contributed by atoms with Crippen molar-refractivity contribution in [2.24, 2.45) is 5.73 Å². The third-order valence-electron chi connectivity index (χ3n) is 1.71. The van der Waals surface area contributed by atoms with E-state index in [0.717, 1.165) is 12.1 Å². The second kappa shape index (κ2) is 3.34. The molecule has 5 heteroatoms. The van der Waals surface area contributed by atoms with E-state index in [1.165, 1.54) is 0 Å². The Bertz CT molecular complexity index is 292. The van der Waals surface area contributed by atoms with Gasteiger partial charge in [-0.05, 0) is 13.3 Å². The zero-order valence-electron chi connectivity index (χ0n) is 7.24. The Kier molecular flexibility index (Phi) is 2.42. The highest BCUT2D eigenvalue weighted by atomic mass is 16.1. The summed E-state index contributed by atoms with van der Waals surface area (Å²) in [7, 11) is 0. The minimum Gasteiger partial charge on any atom is -0.364 e. The molecule has 0 spiro atoms. The lowest BCUT2D eigenvalue weighted by Gasteiger charge is -1.99. The van der Waals surface area contributed by atoms with Gasteiger partial charge in [-0.15, -0.1) is 5.10 Å². The molecule has 1 aromatic rings. The molecule has 5 nitrogen and oxygen atoms in total. The smallest absolute Gasteiger partial charge is 0.271 e. The first-order chi connectivity index (χ1) is 5.70. The summed E-state index contributed by atoms with van der Waals surface area (Å²) in [4.78, 5) is 10.8. The number of hydrogen-bond acceptors (Lipinski definition) is 3. The fourth-order valence-electron chi connectivity index (χ4n) is 1.13. The number of nitrogens with two attached hydrogens (primary N) is 1. The SMILES string of the molecule is CCc1c(C(N)=O)nnn1CC. The Balaban J connectivity index is 3.13. The Morgan fingerprint density at radius 1 is 1.58 bits per heavy atom. The van der Waals surface area contributed by atoms with Crippen molar-refractivity contribution < 1.29 is 4.79 Å². The third-order valence-corrected chi connectivity index (χ3v) is 1.71. The maximum absolute atomic E-state index is 10.8. The summed E-state index contributed by atoms with van der Waals surface area (Å²) in [5.74, 6) is -0.508. The number of carbonyl (C=O) groups is 1. The maximum atomic E-state index is 10.8. The largest absolute Gasteiger partial charge is 0.364 e. The minimum atomic E-state index is -0.508. The van der Waals surface area contributed by atoms with Gasteiger partial charge in [-0.2, -0.15) is 0 Å². The first-order valence-corrected chi connectivity index (χ1v) is 3.92. The number of aryl methyl sites for hydroxylation is 1. The van der Waals surface area contributed by atoms with Gasteiger partial charge < -0.3 is 5.73 Å². The molecule has 0 saturated carbocycles. The van der Waals surface area contributed by atoms with Crippen LogP contribution < -0.4 is 5.73 Å². The highest BCUT2D eigenvalue weighted by molar-refractivity contribution is 5.91. The first-order valence-electron chi connectivity index (χ1n) is 3.92. The normalized spacial score (nSPS) is 10.2. The highest BCUT2D eigenvalue weighted by Gasteiger charge is 2.13. The summed E-state index contributed by atoms with van der Waals surface area (Å²) in [6.07, 6.45) is 0.721. The fourth-order valence-corrected chi connectivity index (χ4v) is 1.13. The van der Waals surface area contributed by atoms with Crippen LogP contribution in [0.25, 0.3) is 0 Å². The van der Waals surface area contributed by atoms with E-state index < -0.39 is 5.91 Å². The molecule has 0 aliphatic rings. The van der Waals surface area contributed by atoms with Gasteiger partial charge in [-0.3, -0.25) is 4.79 Å². The van der Waals surface area contributed by atoms with Crippen LogP contribution in [0.15, 0.2) is 0 Å². The van der Waals surface area contributed by atoms with Crippen LogP contribution in [-0.2, 0) is 13.0 Å². The Hall–Kier alpha value is -1.39. The summed E-state index contributed by atoms with van der Waals surface area (Å²) in [5, 5.41) is 7.49.